The quantitative estimate of drug-likeness (QED) is 0.231. The van der Waals surface area contributed by atoms with Crippen molar-refractivity contribution in [3.8, 4) is 33.6 Å². The Balaban J connectivity index is 1.61. The molecule has 0 aliphatic heterocycles. The van der Waals surface area contributed by atoms with Crippen LogP contribution in [0.2, 0.25) is 0 Å². The summed E-state index contributed by atoms with van der Waals surface area (Å²) < 4.78 is 4.66. The first-order valence-corrected chi connectivity index (χ1v) is 12.7. The fraction of sp³-hybridized carbons (Fsp3) is 0.176. The molecule has 36 heavy (non-hydrogen) atoms. The van der Waals surface area contributed by atoms with E-state index in [1.54, 1.807) is 0 Å². The molecular weight excluding hydrogens is 436 g/mol. The number of pyridine rings is 2. The summed E-state index contributed by atoms with van der Waals surface area (Å²) in [4.78, 5) is 0. The van der Waals surface area contributed by atoms with E-state index in [9.17, 15) is 0 Å². The predicted molar refractivity (Wildman–Crippen MR) is 148 cm³/mol. The molecule has 5 aromatic rings. The maximum absolute atomic E-state index is 2.45. The first-order chi connectivity index (χ1) is 17.5. The van der Waals surface area contributed by atoms with Gasteiger partial charge < -0.3 is 0 Å². The summed E-state index contributed by atoms with van der Waals surface area (Å²) in [5, 5.41) is 0. The van der Waals surface area contributed by atoms with E-state index in [-0.39, 0.29) is 0 Å². The van der Waals surface area contributed by atoms with Crippen molar-refractivity contribution in [2.75, 3.05) is 0 Å². The molecule has 0 spiro atoms. The van der Waals surface area contributed by atoms with Crippen molar-refractivity contribution < 1.29 is 9.13 Å². The highest BCUT2D eigenvalue weighted by Crippen LogP contribution is 2.31. The molecule has 1 atom stereocenters. The van der Waals surface area contributed by atoms with Crippen LogP contribution in [0.4, 0.5) is 0 Å². The number of rotatable bonds is 6. The lowest BCUT2D eigenvalue weighted by Crippen LogP contribution is -2.39. The lowest BCUT2D eigenvalue weighted by Gasteiger charge is -2.16. The third-order valence-electron chi connectivity index (χ3n) is 7.16. The number of aromatic nitrogens is 2. The fourth-order valence-electron chi connectivity index (χ4n) is 5.24. The SMILES string of the molecule is Cc1c[n+](CC(C)c2ccccc2-c2cccc[n+]2C)c(-c2ccccc2C)cc1-c1ccccc1. The van der Waals surface area contributed by atoms with Crippen LogP contribution in [0.15, 0.2) is 116 Å². The van der Waals surface area contributed by atoms with Crippen molar-refractivity contribution in [2.45, 2.75) is 33.2 Å². The molecule has 0 N–H and O–H groups in total. The molecule has 5 rings (SSSR count). The van der Waals surface area contributed by atoms with E-state index in [0.29, 0.717) is 5.92 Å². The van der Waals surface area contributed by atoms with Crippen LogP contribution < -0.4 is 9.13 Å². The van der Waals surface area contributed by atoms with Gasteiger partial charge in [0.1, 0.15) is 7.05 Å². The summed E-state index contributed by atoms with van der Waals surface area (Å²) in [5.41, 5.74) is 11.6. The summed E-state index contributed by atoms with van der Waals surface area (Å²) in [5.74, 6) is 0.330. The number of hydrogen-bond acceptors (Lipinski definition) is 0. The van der Waals surface area contributed by atoms with Crippen molar-refractivity contribution in [1.29, 1.82) is 0 Å². The van der Waals surface area contributed by atoms with Gasteiger partial charge in [0.15, 0.2) is 18.9 Å². The van der Waals surface area contributed by atoms with E-state index in [0.717, 1.165) is 6.54 Å². The van der Waals surface area contributed by atoms with Crippen molar-refractivity contribution >= 4 is 0 Å². The standard InChI is InChI=1S/C34H34N2/c1-25-14-8-9-18-30(25)34-22-32(28-15-6-5-7-16-28)27(3)24-36(34)23-26(2)29-17-10-11-19-31(29)33-20-12-13-21-35(33)4/h5-22,24,26H,23H2,1-4H3/q+2. The molecule has 0 fully saturated rings. The van der Waals surface area contributed by atoms with Crippen molar-refractivity contribution in [3.63, 3.8) is 0 Å². The molecule has 0 bridgehead atoms. The molecule has 2 heteroatoms. The predicted octanol–water partition coefficient (Wildman–Crippen LogP) is 7.22. The molecule has 0 aliphatic carbocycles. The third kappa shape index (κ3) is 4.72. The zero-order valence-corrected chi connectivity index (χ0v) is 21.6. The van der Waals surface area contributed by atoms with Crippen LogP contribution in [0, 0.1) is 13.8 Å². The maximum atomic E-state index is 2.45. The Morgan fingerprint density at radius 2 is 1.31 bits per heavy atom. The number of hydrogen-bond donors (Lipinski definition) is 0. The smallest absolute Gasteiger partial charge is 0.201 e. The van der Waals surface area contributed by atoms with Gasteiger partial charge in [-0.25, -0.2) is 4.57 Å². The average molecular weight is 471 g/mol. The molecular formula is C34H34N2+2. The van der Waals surface area contributed by atoms with E-state index in [2.05, 4.69) is 152 Å². The number of aryl methyl sites for hydroxylation is 3. The molecule has 178 valence electrons. The first-order valence-electron chi connectivity index (χ1n) is 12.7. The van der Waals surface area contributed by atoms with Crippen molar-refractivity contribution in [3.05, 3.63) is 132 Å². The average Bonchev–Trinajstić information content (AvgIpc) is 2.90. The minimum atomic E-state index is 0.330. The van der Waals surface area contributed by atoms with Crippen LogP contribution in [0.5, 0.6) is 0 Å². The van der Waals surface area contributed by atoms with Gasteiger partial charge in [0, 0.05) is 40.8 Å². The second-order valence-electron chi connectivity index (χ2n) is 9.77. The molecule has 1 unspecified atom stereocenters. The Hall–Kier alpha value is -4.04. The van der Waals surface area contributed by atoms with Crippen LogP contribution in [0.25, 0.3) is 33.6 Å². The summed E-state index contributed by atoms with van der Waals surface area (Å²) in [6.45, 7) is 7.67. The summed E-state index contributed by atoms with van der Waals surface area (Å²) >= 11 is 0. The van der Waals surface area contributed by atoms with E-state index in [4.69, 9.17) is 0 Å². The molecule has 3 aromatic carbocycles. The molecule has 0 saturated carbocycles. The molecule has 0 aliphatic rings. The highest BCUT2D eigenvalue weighted by Gasteiger charge is 2.24. The Kier molecular flexibility index (Phi) is 6.77. The fourth-order valence-corrected chi connectivity index (χ4v) is 5.24. The molecule has 2 aromatic heterocycles. The van der Waals surface area contributed by atoms with Gasteiger partial charge in [-0.1, -0.05) is 73.7 Å². The van der Waals surface area contributed by atoms with Gasteiger partial charge in [-0.15, -0.1) is 0 Å². The van der Waals surface area contributed by atoms with Gasteiger partial charge in [0.2, 0.25) is 11.4 Å². The van der Waals surface area contributed by atoms with Crippen molar-refractivity contribution in [1.82, 2.24) is 0 Å². The second kappa shape index (κ2) is 10.3. The van der Waals surface area contributed by atoms with E-state index >= 15 is 0 Å². The van der Waals surface area contributed by atoms with E-state index in [1.807, 2.05) is 0 Å². The highest BCUT2D eigenvalue weighted by atomic mass is 15.0. The van der Waals surface area contributed by atoms with Gasteiger partial charge in [0.25, 0.3) is 0 Å². The van der Waals surface area contributed by atoms with E-state index in [1.165, 1.54) is 50.3 Å². The van der Waals surface area contributed by atoms with Crippen LogP contribution in [-0.2, 0) is 13.6 Å². The Morgan fingerprint density at radius 1 is 0.639 bits per heavy atom. The van der Waals surface area contributed by atoms with Gasteiger partial charge >= 0.3 is 0 Å². The first kappa shape index (κ1) is 23.7. The minimum absolute atomic E-state index is 0.330. The van der Waals surface area contributed by atoms with Crippen LogP contribution in [-0.4, -0.2) is 0 Å². The van der Waals surface area contributed by atoms with Crippen molar-refractivity contribution in [2.24, 2.45) is 7.05 Å². The van der Waals surface area contributed by atoms with Gasteiger partial charge in [-0.3, -0.25) is 0 Å². The zero-order valence-electron chi connectivity index (χ0n) is 21.6. The largest absolute Gasteiger partial charge is 0.213 e. The van der Waals surface area contributed by atoms with Gasteiger partial charge in [-0.2, -0.15) is 4.57 Å². The van der Waals surface area contributed by atoms with Crippen LogP contribution in [0.1, 0.15) is 29.5 Å². The molecule has 2 nitrogen and oxygen atoms in total. The third-order valence-corrected chi connectivity index (χ3v) is 7.16. The summed E-state index contributed by atoms with van der Waals surface area (Å²) in [6, 6.07) is 37.0. The van der Waals surface area contributed by atoms with Gasteiger partial charge in [-0.05, 0) is 54.3 Å². The lowest BCUT2D eigenvalue weighted by atomic mass is 9.92. The van der Waals surface area contributed by atoms with Gasteiger partial charge in [0.05, 0.1) is 0 Å². The number of benzene rings is 3. The zero-order chi connectivity index (χ0) is 25.1. The van der Waals surface area contributed by atoms with E-state index < -0.39 is 0 Å². The monoisotopic (exact) mass is 470 g/mol. The Labute approximate surface area is 215 Å². The summed E-state index contributed by atoms with van der Waals surface area (Å²) in [7, 11) is 2.12. The molecule has 2 heterocycles. The van der Waals surface area contributed by atoms with Crippen LogP contribution >= 0.6 is 0 Å². The lowest BCUT2D eigenvalue weighted by molar-refractivity contribution is -0.688. The molecule has 0 saturated heterocycles. The number of nitrogens with zero attached hydrogens (tertiary/aromatic N) is 2. The topological polar surface area (TPSA) is 7.76 Å². The minimum Gasteiger partial charge on any atom is -0.201 e. The molecule has 0 radical (unpaired) electrons. The summed E-state index contributed by atoms with van der Waals surface area (Å²) in [6.07, 6.45) is 4.46. The Bertz CT molecular complexity index is 1500. The normalized spacial score (nSPS) is 11.9. The highest BCUT2D eigenvalue weighted by molar-refractivity contribution is 5.72. The second-order valence-corrected chi connectivity index (χ2v) is 9.77. The maximum Gasteiger partial charge on any atom is 0.213 e. The molecule has 0 amide bonds. The Morgan fingerprint density at radius 3 is 2.06 bits per heavy atom. The van der Waals surface area contributed by atoms with Crippen LogP contribution in [0.3, 0.4) is 0 Å².